The number of fused-ring (bicyclic) bond motifs is 1. The Morgan fingerprint density at radius 1 is 1.18 bits per heavy atom. The maximum atomic E-state index is 13.7. The van der Waals surface area contributed by atoms with Gasteiger partial charge in [0.15, 0.2) is 12.6 Å². The van der Waals surface area contributed by atoms with Gasteiger partial charge < -0.3 is 20.3 Å². The van der Waals surface area contributed by atoms with Gasteiger partial charge >= 0.3 is 0 Å². The summed E-state index contributed by atoms with van der Waals surface area (Å²) in [7, 11) is 0. The molecule has 148 valence electrons. The highest BCUT2D eigenvalue weighted by molar-refractivity contribution is 5.97. The monoisotopic (exact) mass is 384 g/mol. The number of carbonyl (C=O) groups is 1. The van der Waals surface area contributed by atoms with Crippen LogP contribution in [0.15, 0.2) is 53.5 Å². The van der Waals surface area contributed by atoms with Crippen molar-refractivity contribution >= 4 is 17.6 Å². The molecular weight excluding hydrogens is 359 g/mol. The fraction of sp³-hybridized carbons (Fsp3) is 0.333. The molecule has 1 aliphatic rings. The number of para-hydroxylation sites is 2. The SMILES string of the molecule is CCNC(=NCc1ccccc1F)NCCCN1C(=O)COc2ccccc21. The maximum Gasteiger partial charge on any atom is 0.265 e. The number of aliphatic imine (C=N–C) groups is 1. The summed E-state index contributed by atoms with van der Waals surface area (Å²) in [5, 5.41) is 6.39. The Morgan fingerprint density at radius 2 is 1.96 bits per heavy atom. The van der Waals surface area contributed by atoms with Crippen LogP contribution in [-0.2, 0) is 11.3 Å². The number of nitrogens with one attached hydrogen (secondary N) is 2. The molecule has 6 nitrogen and oxygen atoms in total. The zero-order valence-corrected chi connectivity index (χ0v) is 16.0. The third kappa shape index (κ3) is 5.00. The number of rotatable bonds is 7. The Balaban J connectivity index is 1.53. The van der Waals surface area contributed by atoms with Gasteiger partial charge in [-0.1, -0.05) is 30.3 Å². The minimum Gasteiger partial charge on any atom is -0.482 e. The lowest BCUT2D eigenvalue weighted by atomic mass is 10.2. The van der Waals surface area contributed by atoms with Crippen LogP contribution in [0.1, 0.15) is 18.9 Å². The van der Waals surface area contributed by atoms with Crippen molar-refractivity contribution in [2.45, 2.75) is 19.9 Å². The van der Waals surface area contributed by atoms with Gasteiger partial charge in [-0.15, -0.1) is 0 Å². The van der Waals surface area contributed by atoms with Crippen molar-refractivity contribution in [2.24, 2.45) is 4.99 Å². The van der Waals surface area contributed by atoms with Crippen molar-refractivity contribution in [3.05, 3.63) is 59.9 Å². The number of ether oxygens (including phenoxy) is 1. The normalized spacial score (nSPS) is 13.7. The summed E-state index contributed by atoms with van der Waals surface area (Å²) in [6.45, 7) is 4.23. The molecule has 3 rings (SSSR count). The minimum atomic E-state index is -0.258. The Bertz CT molecular complexity index is 841. The summed E-state index contributed by atoms with van der Waals surface area (Å²) >= 11 is 0. The van der Waals surface area contributed by atoms with Crippen molar-refractivity contribution in [3.63, 3.8) is 0 Å². The molecule has 0 spiro atoms. The van der Waals surface area contributed by atoms with Crippen molar-refractivity contribution in [2.75, 3.05) is 31.1 Å². The molecule has 0 bridgehead atoms. The van der Waals surface area contributed by atoms with E-state index in [4.69, 9.17) is 4.74 Å². The third-order valence-electron chi connectivity index (χ3n) is 4.37. The number of hydrogen-bond acceptors (Lipinski definition) is 3. The Hall–Kier alpha value is -3.09. The molecule has 0 unspecified atom stereocenters. The first-order chi connectivity index (χ1) is 13.7. The molecule has 1 aliphatic heterocycles. The van der Waals surface area contributed by atoms with E-state index in [2.05, 4.69) is 15.6 Å². The first-order valence-corrected chi connectivity index (χ1v) is 9.47. The molecule has 2 aromatic rings. The lowest BCUT2D eigenvalue weighted by Crippen LogP contribution is -2.42. The number of carbonyl (C=O) groups excluding carboxylic acids is 1. The standard InChI is InChI=1S/C21H25FN4O2/c1-2-23-21(25-14-16-8-3-4-9-17(16)22)24-12-7-13-26-18-10-5-6-11-19(18)28-15-20(26)27/h3-6,8-11H,2,7,12-15H2,1H3,(H2,23,24,25). The van der Waals surface area contributed by atoms with E-state index in [0.29, 0.717) is 31.2 Å². The first-order valence-electron chi connectivity index (χ1n) is 9.47. The fourth-order valence-corrected chi connectivity index (χ4v) is 2.98. The summed E-state index contributed by atoms with van der Waals surface area (Å²) in [6, 6.07) is 14.2. The summed E-state index contributed by atoms with van der Waals surface area (Å²) in [5.41, 5.74) is 1.36. The average molecular weight is 384 g/mol. The van der Waals surface area contributed by atoms with Crippen LogP contribution in [0, 0.1) is 5.82 Å². The van der Waals surface area contributed by atoms with Gasteiger partial charge in [-0.05, 0) is 31.5 Å². The minimum absolute atomic E-state index is 0.0428. The lowest BCUT2D eigenvalue weighted by molar-refractivity contribution is -0.121. The Kier molecular flexibility index (Phi) is 6.84. The molecule has 0 aliphatic carbocycles. The van der Waals surface area contributed by atoms with E-state index in [1.807, 2.05) is 31.2 Å². The number of benzene rings is 2. The molecule has 0 aromatic heterocycles. The molecule has 0 radical (unpaired) electrons. The van der Waals surface area contributed by atoms with Crippen LogP contribution in [0.2, 0.25) is 0 Å². The molecule has 28 heavy (non-hydrogen) atoms. The zero-order chi connectivity index (χ0) is 19.8. The predicted octanol–water partition coefficient (Wildman–Crippen LogP) is 2.70. The second-order valence-electron chi connectivity index (χ2n) is 6.37. The van der Waals surface area contributed by atoms with Gasteiger partial charge in [-0.2, -0.15) is 0 Å². The molecular formula is C21H25FN4O2. The predicted molar refractivity (Wildman–Crippen MR) is 108 cm³/mol. The van der Waals surface area contributed by atoms with E-state index < -0.39 is 0 Å². The molecule has 2 N–H and O–H groups in total. The number of nitrogens with zero attached hydrogens (tertiary/aromatic N) is 2. The third-order valence-corrected chi connectivity index (χ3v) is 4.37. The second kappa shape index (κ2) is 9.73. The molecule has 1 heterocycles. The van der Waals surface area contributed by atoms with Crippen LogP contribution in [0.5, 0.6) is 5.75 Å². The number of amides is 1. The molecule has 7 heteroatoms. The summed E-state index contributed by atoms with van der Waals surface area (Å²) in [4.78, 5) is 18.4. The topological polar surface area (TPSA) is 66.0 Å². The van der Waals surface area contributed by atoms with Crippen LogP contribution in [-0.4, -0.2) is 38.1 Å². The molecule has 0 atom stereocenters. The van der Waals surface area contributed by atoms with Gasteiger partial charge in [0.05, 0.1) is 12.2 Å². The Labute approximate surface area is 164 Å². The number of halogens is 1. The number of anilines is 1. The molecule has 2 aromatic carbocycles. The highest BCUT2D eigenvalue weighted by Gasteiger charge is 2.24. The van der Waals surface area contributed by atoms with Crippen molar-refractivity contribution in [1.82, 2.24) is 10.6 Å². The zero-order valence-electron chi connectivity index (χ0n) is 16.0. The highest BCUT2D eigenvalue weighted by Crippen LogP contribution is 2.31. The lowest BCUT2D eigenvalue weighted by Gasteiger charge is -2.29. The summed E-state index contributed by atoms with van der Waals surface area (Å²) < 4.78 is 19.2. The highest BCUT2D eigenvalue weighted by atomic mass is 19.1. The summed E-state index contributed by atoms with van der Waals surface area (Å²) in [6.07, 6.45) is 0.740. The van der Waals surface area contributed by atoms with E-state index in [1.54, 1.807) is 23.1 Å². The van der Waals surface area contributed by atoms with Crippen LogP contribution < -0.4 is 20.3 Å². The van der Waals surface area contributed by atoms with Crippen molar-refractivity contribution < 1.29 is 13.9 Å². The number of guanidine groups is 1. The van der Waals surface area contributed by atoms with Gasteiger partial charge in [-0.3, -0.25) is 4.79 Å². The van der Waals surface area contributed by atoms with Crippen LogP contribution in [0.3, 0.4) is 0 Å². The van der Waals surface area contributed by atoms with Crippen molar-refractivity contribution in [1.29, 1.82) is 0 Å². The van der Waals surface area contributed by atoms with E-state index in [-0.39, 0.29) is 24.9 Å². The first kappa shape index (κ1) is 19.7. The average Bonchev–Trinajstić information content (AvgIpc) is 2.71. The van der Waals surface area contributed by atoms with Crippen LogP contribution in [0.25, 0.3) is 0 Å². The van der Waals surface area contributed by atoms with Gasteiger partial charge in [0.1, 0.15) is 11.6 Å². The van der Waals surface area contributed by atoms with E-state index in [0.717, 1.165) is 17.9 Å². The largest absolute Gasteiger partial charge is 0.482 e. The van der Waals surface area contributed by atoms with Gasteiger partial charge in [0, 0.05) is 25.2 Å². The maximum absolute atomic E-state index is 13.7. The molecule has 0 saturated carbocycles. The number of hydrogen-bond donors (Lipinski definition) is 2. The smallest absolute Gasteiger partial charge is 0.265 e. The van der Waals surface area contributed by atoms with Crippen LogP contribution >= 0.6 is 0 Å². The van der Waals surface area contributed by atoms with E-state index in [1.165, 1.54) is 6.07 Å². The Morgan fingerprint density at radius 3 is 2.79 bits per heavy atom. The molecule has 0 saturated heterocycles. The molecule has 1 amide bonds. The van der Waals surface area contributed by atoms with E-state index in [9.17, 15) is 9.18 Å². The van der Waals surface area contributed by atoms with Gasteiger partial charge in [0.25, 0.3) is 5.91 Å². The summed E-state index contributed by atoms with van der Waals surface area (Å²) in [5.74, 6) is 1.06. The van der Waals surface area contributed by atoms with E-state index >= 15 is 0 Å². The van der Waals surface area contributed by atoms with Crippen molar-refractivity contribution in [3.8, 4) is 5.75 Å². The van der Waals surface area contributed by atoms with Gasteiger partial charge in [-0.25, -0.2) is 9.38 Å². The van der Waals surface area contributed by atoms with Crippen LogP contribution in [0.4, 0.5) is 10.1 Å². The fourth-order valence-electron chi connectivity index (χ4n) is 2.98. The quantitative estimate of drug-likeness (QED) is 0.438. The van der Waals surface area contributed by atoms with Gasteiger partial charge in [0.2, 0.25) is 0 Å². The molecule has 0 fully saturated rings. The second-order valence-corrected chi connectivity index (χ2v) is 6.37.